The highest BCUT2D eigenvalue weighted by atomic mass is 32.2. The lowest BCUT2D eigenvalue weighted by Gasteiger charge is -2.25. The van der Waals surface area contributed by atoms with Crippen LogP contribution in [0.15, 0.2) is 36.4 Å². The van der Waals surface area contributed by atoms with Crippen LogP contribution in [-0.2, 0) is 24.5 Å². The molecule has 0 aliphatic carbocycles. The van der Waals surface area contributed by atoms with Gasteiger partial charge in [-0.15, -0.1) is 0 Å². The number of methoxy groups -OCH3 is 2. The van der Waals surface area contributed by atoms with Gasteiger partial charge in [0.15, 0.2) is 5.41 Å². The second-order valence-corrected chi connectivity index (χ2v) is 7.24. The van der Waals surface area contributed by atoms with Crippen molar-refractivity contribution in [2.75, 3.05) is 38.9 Å². The molecule has 1 unspecified atom stereocenters. The number of aliphatic hydroxyl groups is 1. The summed E-state index contributed by atoms with van der Waals surface area (Å²) >= 11 is 1.47. The monoisotopic (exact) mass is 392 g/mol. The maximum Gasteiger partial charge on any atom is 0.327 e. The average molecular weight is 392 g/mol. The SMILES string of the molecule is COC(=O)C(C)(C(=O)OCCSCCO)c1ccc2cc(OC)ccc2c1. The first kappa shape index (κ1) is 21.1. The van der Waals surface area contributed by atoms with E-state index in [1.54, 1.807) is 19.2 Å². The van der Waals surface area contributed by atoms with Crippen molar-refractivity contribution in [3.8, 4) is 5.75 Å². The number of carbonyl (C=O) groups excluding carboxylic acids is 2. The molecule has 0 radical (unpaired) electrons. The third kappa shape index (κ3) is 4.73. The molecule has 0 aliphatic rings. The van der Waals surface area contributed by atoms with Crippen LogP contribution < -0.4 is 4.74 Å². The van der Waals surface area contributed by atoms with Gasteiger partial charge in [0.05, 0.1) is 20.8 Å². The topological polar surface area (TPSA) is 82.1 Å². The van der Waals surface area contributed by atoms with Gasteiger partial charge in [0, 0.05) is 11.5 Å². The number of hydrogen-bond donors (Lipinski definition) is 1. The molecule has 0 heterocycles. The van der Waals surface area contributed by atoms with E-state index in [4.69, 9.17) is 19.3 Å². The van der Waals surface area contributed by atoms with E-state index in [0.717, 1.165) is 16.5 Å². The second-order valence-electron chi connectivity index (χ2n) is 6.02. The number of rotatable bonds is 9. The van der Waals surface area contributed by atoms with E-state index in [0.29, 0.717) is 17.1 Å². The summed E-state index contributed by atoms with van der Waals surface area (Å²) in [5.41, 5.74) is -1.06. The van der Waals surface area contributed by atoms with Gasteiger partial charge in [0.2, 0.25) is 0 Å². The molecule has 0 saturated heterocycles. The molecule has 0 aliphatic heterocycles. The van der Waals surface area contributed by atoms with Crippen molar-refractivity contribution in [3.05, 3.63) is 42.0 Å². The van der Waals surface area contributed by atoms with Gasteiger partial charge in [-0.3, -0.25) is 9.59 Å². The van der Waals surface area contributed by atoms with Gasteiger partial charge < -0.3 is 19.3 Å². The van der Waals surface area contributed by atoms with Gasteiger partial charge in [-0.05, 0) is 41.5 Å². The van der Waals surface area contributed by atoms with Crippen LogP contribution in [0.4, 0.5) is 0 Å². The molecular formula is C20H24O6S. The summed E-state index contributed by atoms with van der Waals surface area (Å²) in [7, 11) is 2.84. The zero-order chi connectivity index (χ0) is 19.9. The summed E-state index contributed by atoms with van der Waals surface area (Å²) in [6, 6.07) is 10.9. The Kier molecular flexibility index (Phi) is 7.50. The van der Waals surface area contributed by atoms with Gasteiger partial charge in [-0.1, -0.05) is 18.2 Å². The molecule has 146 valence electrons. The fraction of sp³-hybridized carbons (Fsp3) is 0.400. The van der Waals surface area contributed by atoms with E-state index in [1.165, 1.54) is 25.8 Å². The van der Waals surface area contributed by atoms with Crippen molar-refractivity contribution in [1.82, 2.24) is 0 Å². The molecule has 0 aromatic heterocycles. The molecule has 0 amide bonds. The summed E-state index contributed by atoms with van der Waals surface area (Å²) in [6.07, 6.45) is 0. The van der Waals surface area contributed by atoms with Gasteiger partial charge in [-0.25, -0.2) is 0 Å². The highest BCUT2D eigenvalue weighted by Crippen LogP contribution is 2.31. The Balaban J connectivity index is 2.30. The van der Waals surface area contributed by atoms with Crippen molar-refractivity contribution < 1.29 is 28.9 Å². The number of carbonyl (C=O) groups is 2. The molecule has 27 heavy (non-hydrogen) atoms. The van der Waals surface area contributed by atoms with E-state index in [9.17, 15) is 9.59 Å². The second kappa shape index (κ2) is 9.62. The molecule has 7 heteroatoms. The zero-order valence-corrected chi connectivity index (χ0v) is 16.5. The van der Waals surface area contributed by atoms with Gasteiger partial charge >= 0.3 is 11.9 Å². The van der Waals surface area contributed by atoms with E-state index in [-0.39, 0.29) is 13.2 Å². The van der Waals surface area contributed by atoms with Gasteiger partial charge in [-0.2, -0.15) is 11.8 Å². The third-order valence-electron chi connectivity index (χ3n) is 4.32. The van der Waals surface area contributed by atoms with Crippen LogP contribution >= 0.6 is 11.8 Å². The number of fused-ring (bicyclic) bond motifs is 1. The van der Waals surface area contributed by atoms with E-state index < -0.39 is 17.4 Å². The highest BCUT2D eigenvalue weighted by molar-refractivity contribution is 7.99. The Morgan fingerprint density at radius 3 is 2.41 bits per heavy atom. The van der Waals surface area contributed by atoms with Crippen LogP contribution in [0.2, 0.25) is 0 Å². The summed E-state index contributed by atoms with van der Waals surface area (Å²) in [4.78, 5) is 25.2. The molecule has 2 rings (SSSR count). The molecule has 1 N–H and O–H groups in total. The number of thioether (sulfide) groups is 1. The normalized spacial score (nSPS) is 13.0. The summed E-state index contributed by atoms with van der Waals surface area (Å²) < 4.78 is 15.4. The van der Waals surface area contributed by atoms with Crippen LogP contribution in [-0.4, -0.2) is 56.0 Å². The van der Waals surface area contributed by atoms with Crippen LogP contribution in [0, 0.1) is 0 Å². The van der Waals surface area contributed by atoms with Gasteiger partial charge in [0.1, 0.15) is 12.4 Å². The lowest BCUT2D eigenvalue weighted by Crippen LogP contribution is -2.43. The van der Waals surface area contributed by atoms with Crippen molar-refractivity contribution >= 4 is 34.5 Å². The number of aliphatic hydroxyl groups excluding tert-OH is 1. The van der Waals surface area contributed by atoms with Crippen molar-refractivity contribution in [2.45, 2.75) is 12.3 Å². The first-order valence-electron chi connectivity index (χ1n) is 8.50. The maximum absolute atomic E-state index is 12.7. The number of hydrogen-bond acceptors (Lipinski definition) is 7. The highest BCUT2D eigenvalue weighted by Gasteiger charge is 2.46. The van der Waals surface area contributed by atoms with E-state index >= 15 is 0 Å². The lowest BCUT2D eigenvalue weighted by atomic mass is 9.81. The van der Waals surface area contributed by atoms with Crippen LogP contribution in [0.1, 0.15) is 12.5 Å². The Morgan fingerprint density at radius 1 is 1.04 bits per heavy atom. The summed E-state index contributed by atoms with van der Waals surface area (Å²) in [6.45, 7) is 1.73. The molecule has 1 atom stereocenters. The standard InChI is InChI=1S/C20H24O6S/c1-20(18(22)25-3,19(23)26-9-11-27-10-8-21)16-6-4-15-13-17(24-2)7-5-14(15)12-16/h4-7,12-13,21H,8-11H2,1-3H3. The molecule has 0 saturated carbocycles. The Hall–Kier alpha value is -2.25. The molecule has 6 nitrogen and oxygen atoms in total. The van der Waals surface area contributed by atoms with E-state index in [2.05, 4.69) is 0 Å². The largest absolute Gasteiger partial charge is 0.497 e. The molecule has 2 aromatic carbocycles. The molecule has 0 spiro atoms. The molecule has 0 fully saturated rings. The smallest absolute Gasteiger partial charge is 0.327 e. The first-order chi connectivity index (χ1) is 13.0. The molecular weight excluding hydrogens is 368 g/mol. The van der Waals surface area contributed by atoms with Crippen LogP contribution in [0.25, 0.3) is 10.8 Å². The first-order valence-corrected chi connectivity index (χ1v) is 9.65. The maximum atomic E-state index is 12.7. The minimum atomic E-state index is -1.56. The van der Waals surface area contributed by atoms with Crippen molar-refractivity contribution in [3.63, 3.8) is 0 Å². The fourth-order valence-corrected chi connectivity index (χ4v) is 3.22. The van der Waals surface area contributed by atoms with Gasteiger partial charge in [0.25, 0.3) is 0 Å². The van der Waals surface area contributed by atoms with Crippen molar-refractivity contribution in [1.29, 1.82) is 0 Å². The summed E-state index contributed by atoms with van der Waals surface area (Å²) in [5.74, 6) is 0.502. The minimum absolute atomic E-state index is 0.0698. The van der Waals surface area contributed by atoms with E-state index in [1.807, 2.05) is 24.3 Å². The minimum Gasteiger partial charge on any atom is -0.497 e. The molecule has 0 bridgehead atoms. The Bertz CT molecular complexity index is 806. The third-order valence-corrected chi connectivity index (χ3v) is 5.25. The predicted octanol–water partition coefficient (Wildman–Crippen LogP) is 2.55. The fourth-order valence-electron chi connectivity index (χ4n) is 2.69. The number of benzene rings is 2. The Labute approximate surface area is 162 Å². The van der Waals surface area contributed by atoms with Crippen LogP contribution in [0.5, 0.6) is 5.75 Å². The zero-order valence-electron chi connectivity index (χ0n) is 15.7. The number of esters is 2. The number of ether oxygens (including phenoxy) is 3. The predicted molar refractivity (Wildman–Crippen MR) is 105 cm³/mol. The van der Waals surface area contributed by atoms with Crippen LogP contribution in [0.3, 0.4) is 0 Å². The quantitative estimate of drug-likeness (QED) is 0.399. The van der Waals surface area contributed by atoms with Crippen molar-refractivity contribution in [2.24, 2.45) is 0 Å². The lowest BCUT2D eigenvalue weighted by molar-refractivity contribution is -0.162. The average Bonchev–Trinajstić information content (AvgIpc) is 2.71. The summed E-state index contributed by atoms with van der Waals surface area (Å²) in [5, 5.41) is 10.6. The Morgan fingerprint density at radius 2 is 1.74 bits per heavy atom. The molecule has 2 aromatic rings.